The maximum atomic E-state index is 13.4. The first-order chi connectivity index (χ1) is 18.1. The molecular formula is C30H30FN3O3S. The molecule has 0 aliphatic rings. The molecule has 3 aromatic carbocycles. The molecule has 4 aromatic rings. The van der Waals surface area contributed by atoms with Gasteiger partial charge in [0.2, 0.25) is 0 Å². The van der Waals surface area contributed by atoms with Crippen molar-refractivity contribution < 1.29 is 14.0 Å². The van der Waals surface area contributed by atoms with Gasteiger partial charge in [0.15, 0.2) is 10.9 Å². The van der Waals surface area contributed by atoms with Gasteiger partial charge in [-0.2, -0.15) is 0 Å². The molecule has 38 heavy (non-hydrogen) atoms. The fourth-order valence-corrected chi connectivity index (χ4v) is 5.00. The van der Waals surface area contributed by atoms with Gasteiger partial charge in [0.25, 0.3) is 11.5 Å². The first-order valence-electron chi connectivity index (χ1n) is 12.4. The number of nitrogens with one attached hydrogen (secondary N) is 1. The zero-order chi connectivity index (χ0) is 27.4. The molecule has 1 aromatic heterocycles. The molecule has 0 saturated carbocycles. The number of hydrogen-bond acceptors (Lipinski definition) is 5. The lowest BCUT2D eigenvalue weighted by Crippen LogP contribution is -2.26. The number of ketones is 1. The van der Waals surface area contributed by atoms with Gasteiger partial charge in [-0.1, -0.05) is 55.4 Å². The summed E-state index contributed by atoms with van der Waals surface area (Å²) in [6.45, 7) is 8.58. The van der Waals surface area contributed by atoms with Gasteiger partial charge in [-0.3, -0.25) is 19.0 Å². The van der Waals surface area contributed by atoms with Crippen molar-refractivity contribution >= 4 is 34.4 Å². The highest BCUT2D eigenvalue weighted by molar-refractivity contribution is 7.99. The second-order valence-corrected chi connectivity index (χ2v) is 10.7. The van der Waals surface area contributed by atoms with Crippen molar-refractivity contribution in [3.8, 4) is 0 Å². The van der Waals surface area contributed by atoms with Crippen molar-refractivity contribution in [1.82, 2.24) is 14.9 Å². The standard InChI is InChI=1S/C30H30FN3O3S/c1-18(2)16-34-29(37)24-12-9-22(28(36)32-15-21-7-10-23(31)11-8-21)14-26(24)33-30(34)38-17-27(35)25-13-19(3)5-6-20(25)4/h5-14,18H,15-17H2,1-4H3,(H,32,36). The number of thioether (sulfide) groups is 1. The van der Waals surface area contributed by atoms with Crippen LogP contribution in [-0.2, 0) is 13.1 Å². The molecule has 196 valence electrons. The second kappa shape index (κ2) is 11.7. The first kappa shape index (κ1) is 27.3. The normalized spacial score (nSPS) is 11.2. The van der Waals surface area contributed by atoms with E-state index in [2.05, 4.69) is 5.32 Å². The van der Waals surface area contributed by atoms with Gasteiger partial charge in [-0.25, -0.2) is 9.37 Å². The van der Waals surface area contributed by atoms with Gasteiger partial charge in [0, 0.05) is 24.2 Å². The van der Waals surface area contributed by atoms with Crippen LogP contribution in [0.25, 0.3) is 10.9 Å². The largest absolute Gasteiger partial charge is 0.348 e. The van der Waals surface area contributed by atoms with Crippen molar-refractivity contribution in [3.63, 3.8) is 0 Å². The Hall–Kier alpha value is -3.78. The molecule has 1 N–H and O–H groups in total. The predicted molar refractivity (Wildman–Crippen MR) is 149 cm³/mol. The monoisotopic (exact) mass is 531 g/mol. The molecular weight excluding hydrogens is 501 g/mol. The number of rotatable bonds is 9. The van der Waals surface area contributed by atoms with Crippen LogP contribution in [0.5, 0.6) is 0 Å². The number of fused-ring (bicyclic) bond motifs is 1. The van der Waals surface area contributed by atoms with Crippen molar-refractivity contribution in [2.45, 2.75) is 45.9 Å². The van der Waals surface area contributed by atoms with Crippen LogP contribution in [-0.4, -0.2) is 27.0 Å². The molecule has 0 fully saturated rings. The molecule has 1 heterocycles. The van der Waals surface area contributed by atoms with Crippen molar-refractivity contribution in [3.05, 3.63) is 105 Å². The summed E-state index contributed by atoms with van der Waals surface area (Å²) in [6, 6.07) is 16.5. The molecule has 0 spiro atoms. The Kier molecular flexibility index (Phi) is 8.42. The number of nitrogens with zero attached hydrogens (tertiary/aromatic N) is 2. The van der Waals surface area contributed by atoms with E-state index in [0.717, 1.165) is 16.7 Å². The molecule has 6 nitrogen and oxygen atoms in total. The number of aryl methyl sites for hydroxylation is 2. The van der Waals surface area contributed by atoms with E-state index in [9.17, 15) is 18.8 Å². The first-order valence-corrected chi connectivity index (χ1v) is 13.4. The van der Waals surface area contributed by atoms with E-state index in [1.54, 1.807) is 34.9 Å². The second-order valence-electron chi connectivity index (χ2n) is 9.78. The number of Topliss-reactive ketones (excluding diaryl/α,β-unsaturated/α-hetero) is 1. The van der Waals surface area contributed by atoms with E-state index in [-0.39, 0.29) is 41.3 Å². The highest BCUT2D eigenvalue weighted by Crippen LogP contribution is 2.22. The Morgan fingerprint density at radius 3 is 2.47 bits per heavy atom. The third-order valence-electron chi connectivity index (χ3n) is 6.12. The minimum Gasteiger partial charge on any atom is -0.348 e. The minimum absolute atomic E-state index is 0.0319. The van der Waals surface area contributed by atoms with Crippen LogP contribution in [0.4, 0.5) is 4.39 Å². The summed E-state index contributed by atoms with van der Waals surface area (Å²) in [5, 5.41) is 3.66. The molecule has 0 aliphatic carbocycles. The van der Waals surface area contributed by atoms with E-state index in [4.69, 9.17) is 4.98 Å². The van der Waals surface area contributed by atoms with E-state index >= 15 is 0 Å². The van der Waals surface area contributed by atoms with Gasteiger partial charge in [0.05, 0.1) is 16.7 Å². The van der Waals surface area contributed by atoms with E-state index in [0.29, 0.717) is 33.7 Å². The Morgan fingerprint density at radius 1 is 1.03 bits per heavy atom. The van der Waals surface area contributed by atoms with Crippen LogP contribution in [0, 0.1) is 25.6 Å². The molecule has 0 radical (unpaired) electrons. The zero-order valence-electron chi connectivity index (χ0n) is 21.9. The molecule has 0 aliphatic heterocycles. The smallest absolute Gasteiger partial charge is 0.262 e. The third kappa shape index (κ3) is 6.37. The van der Waals surface area contributed by atoms with Gasteiger partial charge in [-0.05, 0) is 67.3 Å². The van der Waals surface area contributed by atoms with E-state index in [1.807, 2.05) is 45.9 Å². The highest BCUT2D eigenvalue weighted by Gasteiger charge is 2.17. The number of hydrogen-bond donors (Lipinski definition) is 1. The summed E-state index contributed by atoms with van der Waals surface area (Å²) in [7, 11) is 0. The number of aromatic nitrogens is 2. The van der Waals surface area contributed by atoms with Gasteiger partial charge < -0.3 is 5.32 Å². The topological polar surface area (TPSA) is 81.1 Å². The molecule has 1 amide bonds. The summed E-state index contributed by atoms with van der Waals surface area (Å²) in [5.74, 6) is -0.372. The summed E-state index contributed by atoms with van der Waals surface area (Å²) in [4.78, 5) is 43.9. The lowest BCUT2D eigenvalue weighted by atomic mass is 10.0. The number of amides is 1. The van der Waals surface area contributed by atoms with E-state index in [1.165, 1.54) is 23.9 Å². The molecule has 0 bridgehead atoms. The molecule has 4 rings (SSSR count). The Labute approximate surface area is 225 Å². The maximum Gasteiger partial charge on any atom is 0.262 e. The van der Waals surface area contributed by atoms with Crippen LogP contribution in [0.2, 0.25) is 0 Å². The average molecular weight is 532 g/mol. The van der Waals surface area contributed by atoms with Gasteiger partial charge in [-0.15, -0.1) is 0 Å². The van der Waals surface area contributed by atoms with Crippen LogP contribution in [0.1, 0.15) is 51.3 Å². The number of carbonyl (C=O) groups excluding carboxylic acids is 2. The molecule has 0 unspecified atom stereocenters. The Bertz CT molecular complexity index is 1560. The lowest BCUT2D eigenvalue weighted by molar-refractivity contribution is 0.0950. The Balaban J connectivity index is 1.61. The summed E-state index contributed by atoms with van der Waals surface area (Å²) >= 11 is 1.23. The fourth-order valence-electron chi connectivity index (χ4n) is 4.11. The van der Waals surface area contributed by atoms with Crippen molar-refractivity contribution in [1.29, 1.82) is 0 Å². The number of carbonyl (C=O) groups is 2. The van der Waals surface area contributed by atoms with E-state index < -0.39 is 0 Å². The summed E-state index contributed by atoms with van der Waals surface area (Å²) < 4.78 is 14.8. The van der Waals surface area contributed by atoms with Gasteiger partial charge in [0.1, 0.15) is 5.82 Å². The summed E-state index contributed by atoms with van der Waals surface area (Å²) in [5.41, 5.74) is 3.89. The SMILES string of the molecule is Cc1ccc(C)c(C(=O)CSc2nc3cc(C(=O)NCc4ccc(F)cc4)ccc3c(=O)n2CC(C)C)c1. The predicted octanol–water partition coefficient (Wildman–Crippen LogP) is 5.71. The fraction of sp³-hybridized carbons (Fsp3) is 0.267. The van der Waals surface area contributed by atoms with Crippen LogP contribution in [0.15, 0.2) is 70.6 Å². The number of benzene rings is 3. The Morgan fingerprint density at radius 2 is 1.76 bits per heavy atom. The summed E-state index contributed by atoms with van der Waals surface area (Å²) in [6.07, 6.45) is 0. The van der Waals surface area contributed by atoms with Gasteiger partial charge >= 0.3 is 0 Å². The third-order valence-corrected chi connectivity index (χ3v) is 7.10. The minimum atomic E-state index is -0.340. The van der Waals surface area contributed by atoms with Crippen LogP contribution in [0.3, 0.4) is 0 Å². The van der Waals surface area contributed by atoms with Crippen molar-refractivity contribution in [2.24, 2.45) is 5.92 Å². The zero-order valence-corrected chi connectivity index (χ0v) is 22.7. The lowest BCUT2D eigenvalue weighted by Gasteiger charge is -2.15. The molecule has 0 atom stereocenters. The quantitative estimate of drug-likeness (QED) is 0.170. The highest BCUT2D eigenvalue weighted by atomic mass is 32.2. The number of halogens is 1. The van der Waals surface area contributed by atoms with Crippen LogP contribution >= 0.6 is 11.8 Å². The maximum absolute atomic E-state index is 13.4. The average Bonchev–Trinajstić information content (AvgIpc) is 2.89. The van der Waals surface area contributed by atoms with Crippen molar-refractivity contribution in [2.75, 3.05) is 5.75 Å². The molecule has 8 heteroatoms. The van der Waals surface area contributed by atoms with Crippen LogP contribution < -0.4 is 10.9 Å². The molecule has 0 saturated heterocycles.